The second-order valence-electron chi connectivity index (χ2n) is 4.86. The zero-order chi connectivity index (χ0) is 16.2. The zero-order valence-corrected chi connectivity index (χ0v) is 13.5. The smallest absolute Gasteiger partial charge is 0.230 e. The van der Waals surface area contributed by atoms with Crippen LogP contribution in [0.3, 0.4) is 0 Å². The van der Waals surface area contributed by atoms with Crippen LogP contribution in [0.2, 0.25) is 5.02 Å². The van der Waals surface area contributed by atoms with E-state index in [1.807, 2.05) is 35.7 Å². The normalized spacial score (nSPS) is 10.5. The molecule has 2 aromatic carbocycles. The predicted octanol–water partition coefficient (Wildman–Crippen LogP) is 4.78. The summed E-state index contributed by atoms with van der Waals surface area (Å²) in [6, 6.07) is 13.9. The van der Waals surface area contributed by atoms with E-state index in [1.54, 1.807) is 0 Å². The summed E-state index contributed by atoms with van der Waals surface area (Å²) < 4.78 is 13.1. The third-order valence-electron chi connectivity index (χ3n) is 3.12. The van der Waals surface area contributed by atoms with Crippen LogP contribution in [0.1, 0.15) is 5.69 Å². The van der Waals surface area contributed by atoms with Crippen molar-refractivity contribution in [3.8, 4) is 10.6 Å². The van der Waals surface area contributed by atoms with Gasteiger partial charge in [0.05, 0.1) is 17.1 Å². The van der Waals surface area contributed by atoms with Crippen molar-refractivity contribution in [2.75, 3.05) is 5.32 Å². The lowest BCUT2D eigenvalue weighted by Crippen LogP contribution is -2.14. The Morgan fingerprint density at radius 3 is 2.74 bits per heavy atom. The molecule has 23 heavy (non-hydrogen) atoms. The maximum absolute atomic E-state index is 13.1. The number of aromatic nitrogens is 1. The zero-order valence-electron chi connectivity index (χ0n) is 11.9. The molecule has 0 unspecified atom stereocenters. The first-order valence-electron chi connectivity index (χ1n) is 6.86. The van der Waals surface area contributed by atoms with E-state index in [0.717, 1.165) is 10.6 Å². The lowest BCUT2D eigenvalue weighted by atomic mass is 10.2. The van der Waals surface area contributed by atoms with Crippen LogP contribution in [0.4, 0.5) is 10.1 Å². The quantitative estimate of drug-likeness (QED) is 0.738. The second kappa shape index (κ2) is 6.89. The van der Waals surface area contributed by atoms with E-state index >= 15 is 0 Å². The van der Waals surface area contributed by atoms with Gasteiger partial charge >= 0.3 is 0 Å². The largest absolute Gasteiger partial charge is 0.326 e. The Balaban J connectivity index is 1.66. The van der Waals surface area contributed by atoms with Crippen LogP contribution in [-0.4, -0.2) is 10.9 Å². The highest BCUT2D eigenvalue weighted by Crippen LogP contribution is 2.24. The third kappa shape index (κ3) is 3.94. The number of halogens is 2. The molecule has 1 aromatic heterocycles. The average Bonchev–Trinajstić information content (AvgIpc) is 3.00. The Bertz CT molecular complexity index is 836. The molecule has 0 aliphatic rings. The summed E-state index contributed by atoms with van der Waals surface area (Å²) in [5.41, 5.74) is 2.17. The molecule has 0 fully saturated rings. The summed E-state index contributed by atoms with van der Waals surface area (Å²) in [7, 11) is 0. The molecule has 6 heteroatoms. The van der Waals surface area contributed by atoms with Gasteiger partial charge in [-0.25, -0.2) is 9.37 Å². The standard InChI is InChI=1S/C17H12ClFN2OS/c18-14-8-12(6-7-15(14)19)20-16(22)9-13-10-23-17(21-13)11-4-2-1-3-5-11/h1-8,10H,9H2,(H,20,22). The van der Waals surface area contributed by atoms with Gasteiger partial charge in [0.1, 0.15) is 10.8 Å². The minimum Gasteiger partial charge on any atom is -0.326 e. The summed E-state index contributed by atoms with van der Waals surface area (Å²) in [6.07, 6.45) is 0.151. The molecule has 0 saturated heterocycles. The first kappa shape index (κ1) is 15.6. The van der Waals surface area contributed by atoms with Crippen molar-refractivity contribution in [1.29, 1.82) is 0 Å². The van der Waals surface area contributed by atoms with Crippen molar-refractivity contribution in [1.82, 2.24) is 4.98 Å². The minimum absolute atomic E-state index is 0.0252. The van der Waals surface area contributed by atoms with Gasteiger partial charge in [-0.3, -0.25) is 4.79 Å². The molecule has 3 rings (SSSR count). The number of benzene rings is 2. The number of hydrogen-bond acceptors (Lipinski definition) is 3. The van der Waals surface area contributed by atoms with Crippen molar-refractivity contribution in [3.05, 3.63) is 70.4 Å². The highest BCUT2D eigenvalue weighted by Gasteiger charge is 2.10. The van der Waals surface area contributed by atoms with E-state index in [2.05, 4.69) is 10.3 Å². The van der Waals surface area contributed by atoms with Crippen LogP contribution >= 0.6 is 22.9 Å². The first-order valence-corrected chi connectivity index (χ1v) is 8.12. The Kier molecular flexibility index (Phi) is 4.69. The molecule has 0 atom stereocenters. The molecule has 0 spiro atoms. The fourth-order valence-electron chi connectivity index (χ4n) is 2.05. The highest BCUT2D eigenvalue weighted by atomic mass is 35.5. The molecule has 0 saturated carbocycles. The number of amides is 1. The third-order valence-corrected chi connectivity index (χ3v) is 4.35. The van der Waals surface area contributed by atoms with Gasteiger partial charge in [-0.1, -0.05) is 41.9 Å². The van der Waals surface area contributed by atoms with Crippen molar-refractivity contribution < 1.29 is 9.18 Å². The molecule has 1 amide bonds. The van der Waals surface area contributed by atoms with Crippen LogP contribution in [-0.2, 0) is 11.2 Å². The Morgan fingerprint density at radius 1 is 1.22 bits per heavy atom. The van der Waals surface area contributed by atoms with Crippen molar-refractivity contribution in [2.45, 2.75) is 6.42 Å². The van der Waals surface area contributed by atoms with Crippen molar-refractivity contribution in [2.24, 2.45) is 0 Å². The number of thiazole rings is 1. The number of carbonyl (C=O) groups excluding carboxylic acids is 1. The van der Waals surface area contributed by atoms with Gasteiger partial charge in [0, 0.05) is 16.6 Å². The highest BCUT2D eigenvalue weighted by molar-refractivity contribution is 7.13. The van der Waals surface area contributed by atoms with Gasteiger partial charge < -0.3 is 5.32 Å². The fourth-order valence-corrected chi connectivity index (χ4v) is 3.05. The number of hydrogen-bond donors (Lipinski definition) is 1. The predicted molar refractivity (Wildman–Crippen MR) is 91.3 cm³/mol. The second-order valence-corrected chi connectivity index (χ2v) is 6.13. The van der Waals surface area contributed by atoms with Crippen molar-refractivity contribution in [3.63, 3.8) is 0 Å². The number of nitrogens with one attached hydrogen (secondary N) is 1. The van der Waals surface area contributed by atoms with E-state index in [1.165, 1.54) is 29.5 Å². The summed E-state index contributed by atoms with van der Waals surface area (Å²) in [6.45, 7) is 0. The lowest BCUT2D eigenvalue weighted by molar-refractivity contribution is -0.115. The van der Waals surface area contributed by atoms with Gasteiger partial charge in [0.2, 0.25) is 5.91 Å². The van der Waals surface area contributed by atoms with E-state index in [4.69, 9.17) is 11.6 Å². The van der Waals surface area contributed by atoms with Crippen LogP contribution in [0.5, 0.6) is 0 Å². The molecule has 1 N–H and O–H groups in total. The van der Waals surface area contributed by atoms with Gasteiger partial charge in [-0.05, 0) is 18.2 Å². The van der Waals surface area contributed by atoms with E-state index in [-0.39, 0.29) is 17.4 Å². The Labute approximate surface area is 141 Å². The number of nitrogens with zero attached hydrogens (tertiary/aromatic N) is 1. The lowest BCUT2D eigenvalue weighted by Gasteiger charge is -2.04. The SMILES string of the molecule is O=C(Cc1csc(-c2ccccc2)n1)Nc1ccc(F)c(Cl)c1. The molecule has 0 aliphatic carbocycles. The molecule has 3 nitrogen and oxygen atoms in total. The van der Waals surface area contributed by atoms with Crippen LogP contribution in [0.15, 0.2) is 53.9 Å². The van der Waals surface area contributed by atoms with E-state index in [0.29, 0.717) is 11.4 Å². The van der Waals surface area contributed by atoms with Crippen LogP contribution in [0, 0.1) is 5.82 Å². The van der Waals surface area contributed by atoms with Gasteiger partial charge in [-0.15, -0.1) is 11.3 Å². The van der Waals surface area contributed by atoms with E-state index < -0.39 is 5.82 Å². The van der Waals surface area contributed by atoms with Gasteiger partial charge in [0.25, 0.3) is 0 Å². The molecule has 3 aromatic rings. The summed E-state index contributed by atoms with van der Waals surface area (Å²) >= 11 is 7.19. The molecule has 0 bridgehead atoms. The van der Waals surface area contributed by atoms with Gasteiger partial charge in [-0.2, -0.15) is 0 Å². The fraction of sp³-hybridized carbons (Fsp3) is 0.0588. The molecule has 116 valence electrons. The summed E-state index contributed by atoms with van der Waals surface area (Å²) in [5.74, 6) is -0.741. The van der Waals surface area contributed by atoms with E-state index in [9.17, 15) is 9.18 Å². The van der Waals surface area contributed by atoms with Crippen LogP contribution < -0.4 is 5.32 Å². The Hall–Kier alpha value is -2.24. The number of anilines is 1. The maximum atomic E-state index is 13.1. The van der Waals surface area contributed by atoms with Gasteiger partial charge in [0.15, 0.2) is 0 Å². The molecule has 1 heterocycles. The molecular weight excluding hydrogens is 335 g/mol. The van der Waals surface area contributed by atoms with Crippen LogP contribution in [0.25, 0.3) is 10.6 Å². The van der Waals surface area contributed by atoms with Crippen molar-refractivity contribution >= 4 is 34.5 Å². The maximum Gasteiger partial charge on any atom is 0.230 e. The summed E-state index contributed by atoms with van der Waals surface area (Å²) in [5, 5.41) is 5.39. The minimum atomic E-state index is -0.517. The Morgan fingerprint density at radius 2 is 2.00 bits per heavy atom. The topological polar surface area (TPSA) is 42.0 Å². The summed E-state index contributed by atoms with van der Waals surface area (Å²) in [4.78, 5) is 16.5. The molecular formula is C17H12ClFN2OS. The first-order chi connectivity index (χ1) is 11.1. The molecule has 0 aliphatic heterocycles. The average molecular weight is 347 g/mol. The number of carbonyl (C=O) groups is 1. The molecule has 0 radical (unpaired) electrons. The monoisotopic (exact) mass is 346 g/mol. The number of rotatable bonds is 4.